The first-order valence-electron chi connectivity index (χ1n) is 7.88. The first-order valence-corrected chi connectivity index (χ1v) is 8.70. The van der Waals surface area contributed by atoms with Crippen LogP contribution in [0.25, 0.3) is 10.7 Å². The number of aromatic nitrogens is 2. The maximum Gasteiger partial charge on any atom is 0.265 e. The van der Waals surface area contributed by atoms with Crippen LogP contribution in [0.2, 0.25) is 0 Å². The number of thiazole rings is 1. The molecule has 1 amide bonds. The molecule has 0 spiro atoms. The smallest absolute Gasteiger partial charge is 0.265 e. The highest BCUT2D eigenvalue weighted by atomic mass is 32.1. The number of carbonyl (C=O) groups excluding carboxylic acids is 1. The molecule has 2 atom stereocenters. The SMILES string of the molecule is Cc1nc(-c2ccccn2)sc1C(=O)N(C)CC1CCCC1O. The number of hydrogen-bond donors (Lipinski definition) is 1. The van der Waals surface area contributed by atoms with Crippen LogP contribution in [0.5, 0.6) is 0 Å². The van der Waals surface area contributed by atoms with Crippen LogP contribution in [0, 0.1) is 12.8 Å². The highest BCUT2D eigenvalue weighted by Crippen LogP contribution is 2.29. The molecule has 2 heterocycles. The summed E-state index contributed by atoms with van der Waals surface area (Å²) in [6, 6.07) is 5.66. The van der Waals surface area contributed by atoms with E-state index in [-0.39, 0.29) is 17.9 Å². The molecule has 2 aromatic rings. The topological polar surface area (TPSA) is 66.3 Å². The van der Waals surface area contributed by atoms with Gasteiger partial charge in [0.15, 0.2) is 0 Å². The standard InChI is InChI=1S/C17H21N3O2S/c1-11-15(23-16(19-11)13-7-3-4-9-18-13)17(22)20(2)10-12-6-5-8-14(12)21/h3-4,7,9,12,14,21H,5-6,8,10H2,1-2H3. The molecular formula is C17H21N3O2S. The number of nitrogens with zero attached hydrogens (tertiary/aromatic N) is 3. The molecule has 0 radical (unpaired) electrons. The van der Waals surface area contributed by atoms with Crippen LogP contribution in [-0.2, 0) is 0 Å². The fraction of sp³-hybridized carbons (Fsp3) is 0.471. The fourth-order valence-corrected chi connectivity index (χ4v) is 4.07. The zero-order valence-corrected chi connectivity index (χ0v) is 14.2. The van der Waals surface area contributed by atoms with Crippen LogP contribution in [0.15, 0.2) is 24.4 Å². The second-order valence-corrected chi connectivity index (χ2v) is 7.09. The number of hydrogen-bond acceptors (Lipinski definition) is 5. The molecule has 2 aromatic heterocycles. The van der Waals surface area contributed by atoms with Crippen molar-refractivity contribution in [1.82, 2.24) is 14.9 Å². The number of rotatable bonds is 4. The lowest BCUT2D eigenvalue weighted by molar-refractivity contribution is 0.0697. The number of amides is 1. The number of aryl methyl sites for hydroxylation is 1. The maximum absolute atomic E-state index is 12.7. The third-order valence-electron chi connectivity index (χ3n) is 4.35. The van der Waals surface area contributed by atoms with Crippen molar-refractivity contribution in [2.45, 2.75) is 32.3 Å². The molecule has 1 N–H and O–H groups in total. The summed E-state index contributed by atoms with van der Waals surface area (Å²) in [4.78, 5) is 23.8. The van der Waals surface area contributed by atoms with Gasteiger partial charge in [-0.25, -0.2) is 4.98 Å². The van der Waals surface area contributed by atoms with E-state index in [1.54, 1.807) is 18.1 Å². The summed E-state index contributed by atoms with van der Waals surface area (Å²) >= 11 is 1.38. The predicted octanol–water partition coefficient (Wildman–Crippen LogP) is 2.75. The molecule has 23 heavy (non-hydrogen) atoms. The minimum absolute atomic E-state index is 0.0266. The quantitative estimate of drug-likeness (QED) is 0.935. The van der Waals surface area contributed by atoms with Crippen molar-refractivity contribution in [1.29, 1.82) is 0 Å². The molecule has 0 aromatic carbocycles. The van der Waals surface area contributed by atoms with Gasteiger partial charge in [0.25, 0.3) is 5.91 Å². The van der Waals surface area contributed by atoms with Gasteiger partial charge in [0.05, 0.1) is 17.5 Å². The van der Waals surface area contributed by atoms with Crippen LogP contribution in [-0.4, -0.2) is 45.6 Å². The second-order valence-electron chi connectivity index (χ2n) is 6.09. The van der Waals surface area contributed by atoms with E-state index in [0.29, 0.717) is 11.4 Å². The van der Waals surface area contributed by atoms with E-state index < -0.39 is 0 Å². The predicted molar refractivity (Wildman–Crippen MR) is 90.4 cm³/mol. The number of aliphatic hydroxyl groups excluding tert-OH is 1. The molecule has 3 rings (SSSR count). The third-order valence-corrected chi connectivity index (χ3v) is 5.52. The van der Waals surface area contributed by atoms with Gasteiger partial charge in [-0.15, -0.1) is 11.3 Å². The average Bonchev–Trinajstić information content (AvgIpc) is 3.14. The van der Waals surface area contributed by atoms with Gasteiger partial charge in [0, 0.05) is 25.7 Å². The van der Waals surface area contributed by atoms with Crippen LogP contribution >= 0.6 is 11.3 Å². The Morgan fingerprint density at radius 2 is 2.26 bits per heavy atom. The molecule has 1 fully saturated rings. The first-order chi connectivity index (χ1) is 11.1. The minimum Gasteiger partial charge on any atom is -0.393 e. The van der Waals surface area contributed by atoms with Crippen molar-refractivity contribution >= 4 is 17.2 Å². The Morgan fingerprint density at radius 1 is 1.43 bits per heavy atom. The largest absolute Gasteiger partial charge is 0.393 e. The molecule has 6 heteroatoms. The summed E-state index contributed by atoms with van der Waals surface area (Å²) in [5, 5.41) is 10.7. The van der Waals surface area contributed by atoms with Crippen LogP contribution in [0.1, 0.15) is 34.6 Å². The van der Waals surface area contributed by atoms with Crippen molar-refractivity contribution < 1.29 is 9.90 Å². The third kappa shape index (κ3) is 3.43. The molecule has 2 unspecified atom stereocenters. The van der Waals surface area contributed by atoms with E-state index in [0.717, 1.165) is 35.7 Å². The first kappa shape index (κ1) is 16.1. The molecule has 1 aliphatic carbocycles. The number of carbonyl (C=O) groups is 1. The fourth-order valence-electron chi connectivity index (χ4n) is 3.03. The van der Waals surface area contributed by atoms with E-state index >= 15 is 0 Å². The van der Waals surface area contributed by atoms with E-state index in [9.17, 15) is 9.90 Å². The lowest BCUT2D eigenvalue weighted by atomic mass is 10.1. The Hall–Kier alpha value is -1.79. The van der Waals surface area contributed by atoms with Crippen LogP contribution in [0.3, 0.4) is 0 Å². The lowest BCUT2D eigenvalue weighted by Crippen LogP contribution is -2.34. The molecular weight excluding hydrogens is 310 g/mol. The summed E-state index contributed by atoms with van der Waals surface area (Å²) in [7, 11) is 1.80. The molecule has 0 aliphatic heterocycles. The second kappa shape index (κ2) is 6.76. The van der Waals surface area contributed by atoms with Gasteiger partial charge in [0.2, 0.25) is 0 Å². The highest BCUT2D eigenvalue weighted by molar-refractivity contribution is 7.17. The molecule has 1 saturated carbocycles. The molecule has 122 valence electrons. The van der Waals surface area contributed by atoms with Crippen LogP contribution in [0.4, 0.5) is 0 Å². The van der Waals surface area contributed by atoms with E-state index in [1.807, 2.05) is 25.1 Å². The summed E-state index contributed by atoms with van der Waals surface area (Å²) < 4.78 is 0. The number of aliphatic hydroxyl groups is 1. The van der Waals surface area contributed by atoms with E-state index in [2.05, 4.69) is 9.97 Å². The summed E-state index contributed by atoms with van der Waals surface area (Å²) in [6.45, 7) is 2.45. The van der Waals surface area contributed by atoms with Gasteiger partial charge < -0.3 is 10.0 Å². The van der Waals surface area contributed by atoms with Gasteiger partial charge in [-0.2, -0.15) is 0 Å². The molecule has 0 bridgehead atoms. The highest BCUT2D eigenvalue weighted by Gasteiger charge is 2.29. The van der Waals surface area contributed by atoms with Crippen LogP contribution < -0.4 is 0 Å². The van der Waals surface area contributed by atoms with Gasteiger partial charge in [-0.3, -0.25) is 9.78 Å². The van der Waals surface area contributed by atoms with Crippen molar-refractivity contribution in [2.24, 2.45) is 5.92 Å². The van der Waals surface area contributed by atoms with Gasteiger partial charge >= 0.3 is 0 Å². The zero-order valence-electron chi connectivity index (χ0n) is 13.4. The van der Waals surface area contributed by atoms with Gasteiger partial charge in [0.1, 0.15) is 9.88 Å². The Morgan fingerprint density at radius 3 is 2.91 bits per heavy atom. The summed E-state index contributed by atoms with van der Waals surface area (Å²) in [5.74, 6) is 0.161. The van der Waals surface area contributed by atoms with Crippen molar-refractivity contribution in [3.8, 4) is 10.7 Å². The number of pyridine rings is 1. The Kier molecular flexibility index (Phi) is 4.73. The van der Waals surface area contributed by atoms with Crippen molar-refractivity contribution in [3.05, 3.63) is 35.0 Å². The van der Waals surface area contributed by atoms with E-state index in [4.69, 9.17) is 0 Å². The summed E-state index contributed by atoms with van der Waals surface area (Å²) in [6.07, 6.45) is 4.31. The maximum atomic E-state index is 12.7. The monoisotopic (exact) mass is 331 g/mol. The van der Waals surface area contributed by atoms with E-state index in [1.165, 1.54) is 11.3 Å². The normalized spacial score (nSPS) is 20.7. The molecule has 5 nitrogen and oxygen atoms in total. The van der Waals surface area contributed by atoms with Gasteiger partial charge in [-0.05, 0) is 31.9 Å². The zero-order chi connectivity index (χ0) is 16.4. The summed E-state index contributed by atoms with van der Waals surface area (Å²) in [5.41, 5.74) is 1.52. The lowest BCUT2D eigenvalue weighted by Gasteiger charge is -2.22. The Labute approximate surface area is 140 Å². The Balaban J connectivity index is 1.75. The van der Waals surface area contributed by atoms with Crippen molar-refractivity contribution in [2.75, 3.05) is 13.6 Å². The molecule has 0 saturated heterocycles. The van der Waals surface area contributed by atoms with Gasteiger partial charge in [-0.1, -0.05) is 12.5 Å². The Bertz CT molecular complexity index is 686. The average molecular weight is 331 g/mol. The molecule has 1 aliphatic rings. The minimum atomic E-state index is -0.281. The van der Waals surface area contributed by atoms with Crippen molar-refractivity contribution in [3.63, 3.8) is 0 Å².